The zero-order valence-electron chi connectivity index (χ0n) is 11.5. The van der Waals surface area contributed by atoms with Crippen LogP contribution in [0.4, 0.5) is 5.82 Å². The van der Waals surface area contributed by atoms with Crippen LogP contribution >= 0.6 is 0 Å². The molecule has 1 atom stereocenters. The lowest BCUT2D eigenvalue weighted by Crippen LogP contribution is -2.37. The molecule has 0 bridgehead atoms. The van der Waals surface area contributed by atoms with Crippen molar-refractivity contribution in [1.29, 1.82) is 0 Å². The summed E-state index contributed by atoms with van der Waals surface area (Å²) in [5.41, 5.74) is 1.03. The highest BCUT2D eigenvalue weighted by molar-refractivity contribution is 5.40. The number of rotatable bonds is 2. The predicted molar refractivity (Wildman–Crippen MR) is 74.2 cm³/mol. The Bertz CT molecular complexity index is 529. The monoisotopic (exact) mass is 257 g/mol. The smallest absolute Gasteiger partial charge is 0.132 e. The Balaban J connectivity index is 1.81. The minimum absolute atomic E-state index is 0.444. The average molecular weight is 257 g/mol. The molecule has 0 spiro atoms. The van der Waals surface area contributed by atoms with Gasteiger partial charge in [0.15, 0.2) is 0 Å². The van der Waals surface area contributed by atoms with E-state index in [0.29, 0.717) is 6.04 Å². The van der Waals surface area contributed by atoms with Gasteiger partial charge in [-0.25, -0.2) is 9.97 Å². The van der Waals surface area contributed by atoms with Gasteiger partial charge < -0.3 is 4.90 Å². The maximum atomic E-state index is 4.56. The Morgan fingerprint density at radius 2 is 2.16 bits per heavy atom. The molecule has 0 radical (unpaired) electrons. The minimum atomic E-state index is 0.444. The Hall–Kier alpha value is -1.91. The van der Waals surface area contributed by atoms with Crippen LogP contribution in [0.2, 0.25) is 0 Å². The number of hydrogen-bond acceptors (Lipinski definition) is 4. The van der Waals surface area contributed by atoms with Gasteiger partial charge in [-0.1, -0.05) is 0 Å². The van der Waals surface area contributed by atoms with Gasteiger partial charge in [0.25, 0.3) is 0 Å². The number of piperidine rings is 1. The Kier molecular flexibility index (Phi) is 3.19. The maximum absolute atomic E-state index is 4.56. The van der Waals surface area contributed by atoms with Crippen LogP contribution < -0.4 is 4.90 Å². The van der Waals surface area contributed by atoms with E-state index in [9.17, 15) is 0 Å². The molecule has 0 saturated carbocycles. The van der Waals surface area contributed by atoms with E-state index in [1.54, 1.807) is 0 Å². The normalized spacial score (nSPS) is 19.7. The molecule has 1 saturated heterocycles. The molecule has 2 aromatic heterocycles. The second-order valence-electron chi connectivity index (χ2n) is 5.14. The number of anilines is 1. The van der Waals surface area contributed by atoms with E-state index >= 15 is 0 Å². The summed E-state index contributed by atoms with van der Waals surface area (Å²) in [5.74, 6) is 1.89. The fourth-order valence-corrected chi connectivity index (χ4v) is 2.73. The topological polar surface area (TPSA) is 46.8 Å². The molecule has 3 heterocycles. The Morgan fingerprint density at radius 3 is 2.89 bits per heavy atom. The summed E-state index contributed by atoms with van der Waals surface area (Å²) in [6.07, 6.45) is 6.25. The third-order valence-electron chi connectivity index (χ3n) is 3.57. The van der Waals surface area contributed by atoms with Crippen molar-refractivity contribution in [3.63, 3.8) is 0 Å². The summed E-state index contributed by atoms with van der Waals surface area (Å²) in [6.45, 7) is 6.00. The van der Waals surface area contributed by atoms with Gasteiger partial charge in [-0.05, 0) is 32.8 Å². The second-order valence-corrected chi connectivity index (χ2v) is 5.14. The van der Waals surface area contributed by atoms with Gasteiger partial charge in [-0.15, -0.1) is 0 Å². The molecule has 0 aromatic carbocycles. The molecule has 0 N–H and O–H groups in total. The van der Waals surface area contributed by atoms with Crippen molar-refractivity contribution in [3.05, 3.63) is 36.0 Å². The van der Waals surface area contributed by atoms with Crippen LogP contribution in [-0.4, -0.2) is 32.8 Å². The lowest BCUT2D eigenvalue weighted by Gasteiger charge is -2.33. The fourth-order valence-electron chi connectivity index (χ4n) is 2.73. The highest BCUT2D eigenvalue weighted by Crippen LogP contribution is 2.24. The molecule has 0 aliphatic carbocycles. The highest BCUT2D eigenvalue weighted by Gasteiger charge is 2.22. The molecule has 100 valence electrons. The lowest BCUT2D eigenvalue weighted by molar-refractivity contribution is 0.374. The van der Waals surface area contributed by atoms with Gasteiger partial charge in [-0.2, -0.15) is 5.10 Å². The summed E-state index contributed by atoms with van der Waals surface area (Å²) in [4.78, 5) is 11.2. The van der Waals surface area contributed by atoms with E-state index in [0.717, 1.165) is 30.4 Å². The van der Waals surface area contributed by atoms with Gasteiger partial charge in [0.1, 0.15) is 11.6 Å². The lowest BCUT2D eigenvalue weighted by atomic mass is 10.1. The zero-order chi connectivity index (χ0) is 13.2. The van der Waals surface area contributed by atoms with Gasteiger partial charge in [0, 0.05) is 37.2 Å². The minimum Gasteiger partial charge on any atom is -0.354 e. The standard InChI is InChI=1S/C14H19N5/c1-11-9-14(17-12(2)16-11)18-7-3-5-13(10-18)19-8-4-6-15-19/h4,6,8-9,13H,3,5,7,10H2,1-2H3. The van der Waals surface area contributed by atoms with Crippen LogP contribution in [0.15, 0.2) is 24.5 Å². The summed E-state index contributed by atoms with van der Waals surface area (Å²) in [5, 5.41) is 4.36. The molecular weight excluding hydrogens is 238 g/mol. The molecule has 5 heteroatoms. The van der Waals surface area contributed by atoms with E-state index in [1.807, 2.05) is 32.3 Å². The first-order valence-electron chi connectivity index (χ1n) is 6.79. The number of aromatic nitrogens is 4. The van der Waals surface area contributed by atoms with E-state index in [2.05, 4.69) is 30.7 Å². The molecule has 2 aromatic rings. The second kappa shape index (κ2) is 4.99. The van der Waals surface area contributed by atoms with E-state index < -0.39 is 0 Å². The van der Waals surface area contributed by atoms with Crippen molar-refractivity contribution in [2.24, 2.45) is 0 Å². The molecule has 19 heavy (non-hydrogen) atoms. The van der Waals surface area contributed by atoms with Crippen molar-refractivity contribution in [1.82, 2.24) is 19.7 Å². The summed E-state index contributed by atoms with van der Waals surface area (Å²) >= 11 is 0. The van der Waals surface area contributed by atoms with Crippen molar-refractivity contribution in [3.8, 4) is 0 Å². The predicted octanol–water partition coefficient (Wildman–Crippen LogP) is 2.13. The third-order valence-corrected chi connectivity index (χ3v) is 3.57. The van der Waals surface area contributed by atoms with Crippen LogP contribution in [0.25, 0.3) is 0 Å². The van der Waals surface area contributed by atoms with E-state index in [1.165, 1.54) is 12.8 Å². The van der Waals surface area contributed by atoms with Gasteiger partial charge >= 0.3 is 0 Å². The molecule has 3 rings (SSSR count). The molecule has 1 fully saturated rings. The largest absolute Gasteiger partial charge is 0.354 e. The molecule has 0 amide bonds. The molecule has 5 nitrogen and oxygen atoms in total. The van der Waals surface area contributed by atoms with Gasteiger partial charge in [0.05, 0.1) is 6.04 Å². The molecule has 1 unspecified atom stereocenters. The Morgan fingerprint density at radius 1 is 1.26 bits per heavy atom. The van der Waals surface area contributed by atoms with Crippen LogP contribution in [0, 0.1) is 13.8 Å². The van der Waals surface area contributed by atoms with E-state index in [4.69, 9.17) is 0 Å². The molecule has 1 aliphatic heterocycles. The van der Waals surface area contributed by atoms with Crippen molar-refractivity contribution >= 4 is 5.82 Å². The zero-order valence-corrected chi connectivity index (χ0v) is 11.5. The first-order valence-corrected chi connectivity index (χ1v) is 6.79. The molecular formula is C14H19N5. The maximum Gasteiger partial charge on any atom is 0.132 e. The number of aryl methyl sites for hydroxylation is 2. The van der Waals surface area contributed by atoms with Gasteiger partial charge in [-0.3, -0.25) is 4.68 Å². The van der Waals surface area contributed by atoms with Crippen molar-refractivity contribution in [2.75, 3.05) is 18.0 Å². The van der Waals surface area contributed by atoms with E-state index in [-0.39, 0.29) is 0 Å². The highest BCUT2D eigenvalue weighted by atomic mass is 15.3. The number of hydrogen-bond donors (Lipinski definition) is 0. The van der Waals surface area contributed by atoms with Crippen molar-refractivity contribution in [2.45, 2.75) is 32.7 Å². The summed E-state index contributed by atoms with van der Waals surface area (Å²) in [7, 11) is 0. The number of nitrogens with zero attached hydrogens (tertiary/aromatic N) is 5. The SMILES string of the molecule is Cc1cc(N2CCCC(n3cccn3)C2)nc(C)n1. The first kappa shape index (κ1) is 12.1. The Labute approximate surface area is 113 Å². The molecule has 1 aliphatic rings. The summed E-state index contributed by atoms with van der Waals surface area (Å²) < 4.78 is 2.06. The van der Waals surface area contributed by atoms with Crippen LogP contribution in [-0.2, 0) is 0 Å². The summed E-state index contributed by atoms with van der Waals surface area (Å²) in [6, 6.07) is 4.50. The average Bonchev–Trinajstić information content (AvgIpc) is 2.92. The van der Waals surface area contributed by atoms with Crippen molar-refractivity contribution < 1.29 is 0 Å². The van der Waals surface area contributed by atoms with Crippen LogP contribution in [0.1, 0.15) is 30.4 Å². The first-order chi connectivity index (χ1) is 9.22. The van der Waals surface area contributed by atoms with Crippen LogP contribution in [0.5, 0.6) is 0 Å². The van der Waals surface area contributed by atoms with Crippen LogP contribution in [0.3, 0.4) is 0 Å². The quantitative estimate of drug-likeness (QED) is 0.827. The fraction of sp³-hybridized carbons (Fsp3) is 0.500. The van der Waals surface area contributed by atoms with Gasteiger partial charge in [0.2, 0.25) is 0 Å². The third kappa shape index (κ3) is 2.59.